The van der Waals surface area contributed by atoms with Crippen LogP contribution in [0.25, 0.3) is 0 Å². The molecule has 0 saturated carbocycles. The minimum atomic E-state index is -0.913. The van der Waals surface area contributed by atoms with E-state index in [1.54, 1.807) is 0 Å². The fraction of sp³-hybridized carbons (Fsp3) is 0.871. The molecule has 0 bridgehead atoms. The maximum Gasteiger partial charge on any atom is 0.307 e. The molecule has 0 aromatic rings. The third-order valence-corrected chi connectivity index (χ3v) is 6.83. The van der Waals surface area contributed by atoms with Crippen LogP contribution < -0.4 is 0 Å². The number of carboxylic acids is 1. The quantitative estimate of drug-likeness (QED) is 0.0701. The lowest BCUT2D eigenvalue weighted by molar-refractivity contribution is -0.151. The second-order valence-electron chi connectivity index (χ2n) is 10.3. The number of allylic oxidation sites excluding steroid dienone is 2. The Morgan fingerprint density at radius 2 is 1.06 bits per heavy atom. The summed E-state index contributed by atoms with van der Waals surface area (Å²) in [4.78, 5) is 23.5. The zero-order chi connectivity index (χ0) is 25.8. The van der Waals surface area contributed by atoms with Crippen LogP contribution in [0, 0.1) is 5.92 Å². The number of esters is 1. The van der Waals surface area contributed by atoms with E-state index in [-0.39, 0.29) is 12.4 Å². The van der Waals surface area contributed by atoms with Crippen LogP contribution in [-0.4, -0.2) is 23.7 Å². The molecule has 0 aliphatic rings. The lowest BCUT2D eigenvalue weighted by Gasteiger charge is -2.10. The van der Waals surface area contributed by atoms with Crippen LogP contribution in [0.4, 0.5) is 0 Å². The fourth-order valence-corrected chi connectivity index (χ4v) is 4.44. The first kappa shape index (κ1) is 33.7. The van der Waals surface area contributed by atoms with Gasteiger partial charge in [-0.3, -0.25) is 9.59 Å². The van der Waals surface area contributed by atoms with Gasteiger partial charge >= 0.3 is 11.9 Å². The van der Waals surface area contributed by atoms with E-state index in [4.69, 9.17) is 4.74 Å². The van der Waals surface area contributed by atoms with E-state index in [9.17, 15) is 14.7 Å². The first-order valence-corrected chi connectivity index (χ1v) is 15.1. The molecule has 0 aromatic carbocycles. The molecule has 0 spiro atoms. The van der Waals surface area contributed by atoms with Crippen LogP contribution >= 0.6 is 0 Å². The third kappa shape index (κ3) is 25.6. The van der Waals surface area contributed by atoms with Crippen molar-refractivity contribution >= 4 is 11.9 Å². The molecule has 4 heteroatoms. The van der Waals surface area contributed by atoms with Crippen LogP contribution in [0.2, 0.25) is 0 Å². The van der Waals surface area contributed by atoms with Crippen molar-refractivity contribution in [3.63, 3.8) is 0 Å². The number of unbranched alkanes of at least 4 members (excludes halogenated alkanes) is 19. The fourth-order valence-electron chi connectivity index (χ4n) is 4.44. The Kier molecular flexibility index (Phi) is 26.2. The van der Waals surface area contributed by atoms with Crippen molar-refractivity contribution in [1.82, 2.24) is 0 Å². The van der Waals surface area contributed by atoms with Gasteiger partial charge in [-0.05, 0) is 25.7 Å². The topological polar surface area (TPSA) is 63.6 Å². The van der Waals surface area contributed by atoms with Crippen molar-refractivity contribution < 1.29 is 19.4 Å². The van der Waals surface area contributed by atoms with Crippen molar-refractivity contribution in [2.24, 2.45) is 5.92 Å². The predicted molar refractivity (Wildman–Crippen MR) is 149 cm³/mol. The van der Waals surface area contributed by atoms with Crippen molar-refractivity contribution in [2.75, 3.05) is 6.61 Å². The van der Waals surface area contributed by atoms with Gasteiger partial charge in [-0.15, -0.1) is 0 Å². The van der Waals surface area contributed by atoms with Gasteiger partial charge in [0.2, 0.25) is 0 Å². The van der Waals surface area contributed by atoms with Gasteiger partial charge in [0.05, 0.1) is 18.9 Å². The molecule has 0 amide bonds. The first-order valence-electron chi connectivity index (χ1n) is 15.1. The molecule has 1 unspecified atom stereocenters. The summed E-state index contributed by atoms with van der Waals surface area (Å²) in [6.07, 6.45) is 31.1. The predicted octanol–water partition coefficient (Wildman–Crippen LogP) is 9.80. The van der Waals surface area contributed by atoms with E-state index in [1.165, 1.54) is 109 Å². The molecule has 1 N–H and O–H groups in total. The summed E-state index contributed by atoms with van der Waals surface area (Å²) in [5, 5.41) is 9.42. The normalized spacial score (nSPS) is 12.3. The van der Waals surface area contributed by atoms with E-state index in [0.29, 0.717) is 13.0 Å². The van der Waals surface area contributed by atoms with E-state index in [2.05, 4.69) is 19.9 Å². The maximum absolute atomic E-state index is 12.0. The molecule has 1 atom stereocenters. The zero-order valence-corrected chi connectivity index (χ0v) is 23.4. The smallest absolute Gasteiger partial charge is 0.307 e. The van der Waals surface area contributed by atoms with Gasteiger partial charge in [0.1, 0.15) is 0 Å². The summed E-state index contributed by atoms with van der Waals surface area (Å²) in [6.45, 7) is 4.89. The summed E-state index contributed by atoms with van der Waals surface area (Å²) in [6, 6.07) is 0. The number of carboxylic acid groups (broad SMARTS) is 1. The van der Waals surface area contributed by atoms with Gasteiger partial charge in [0.15, 0.2) is 0 Å². The number of hydrogen-bond donors (Lipinski definition) is 1. The summed E-state index contributed by atoms with van der Waals surface area (Å²) < 4.78 is 5.26. The number of ether oxygens (including phenoxy) is 1. The second-order valence-corrected chi connectivity index (χ2v) is 10.3. The van der Waals surface area contributed by atoms with Crippen LogP contribution in [0.3, 0.4) is 0 Å². The number of aliphatic carboxylic acids is 1. The molecular formula is C31H58O4. The Morgan fingerprint density at radius 1 is 0.629 bits per heavy atom. The number of rotatable bonds is 27. The van der Waals surface area contributed by atoms with Crippen molar-refractivity contribution in [3.8, 4) is 0 Å². The van der Waals surface area contributed by atoms with Crippen LogP contribution in [0.5, 0.6) is 0 Å². The highest BCUT2D eigenvalue weighted by Gasteiger charge is 2.20. The van der Waals surface area contributed by atoms with Gasteiger partial charge in [0, 0.05) is 0 Å². The van der Waals surface area contributed by atoms with E-state index in [1.807, 2.05) is 6.08 Å². The zero-order valence-electron chi connectivity index (χ0n) is 23.4. The van der Waals surface area contributed by atoms with Gasteiger partial charge in [0.25, 0.3) is 0 Å². The molecule has 35 heavy (non-hydrogen) atoms. The second kappa shape index (κ2) is 27.3. The van der Waals surface area contributed by atoms with Gasteiger partial charge in [-0.1, -0.05) is 142 Å². The molecule has 0 rings (SSSR count). The SMILES string of the molecule is CCCCCCCCCCCCCCCC=CCC(CC(=O)OCCCCCCCCC)C(=O)O. The van der Waals surface area contributed by atoms with E-state index >= 15 is 0 Å². The molecule has 0 heterocycles. The third-order valence-electron chi connectivity index (χ3n) is 6.83. The lowest BCUT2D eigenvalue weighted by atomic mass is 10.0. The van der Waals surface area contributed by atoms with Gasteiger partial charge in [-0.25, -0.2) is 0 Å². The van der Waals surface area contributed by atoms with Crippen molar-refractivity contribution in [2.45, 2.75) is 162 Å². The van der Waals surface area contributed by atoms with Crippen LogP contribution in [0.15, 0.2) is 12.2 Å². The van der Waals surface area contributed by atoms with Crippen molar-refractivity contribution in [3.05, 3.63) is 12.2 Å². The molecule has 0 saturated heterocycles. The minimum Gasteiger partial charge on any atom is -0.481 e. The highest BCUT2D eigenvalue weighted by Crippen LogP contribution is 2.15. The number of carbonyl (C=O) groups excluding carboxylic acids is 1. The molecule has 206 valence electrons. The summed E-state index contributed by atoms with van der Waals surface area (Å²) in [7, 11) is 0. The number of carbonyl (C=O) groups is 2. The molecule has 0 radical (unpaired) electrons. The average Bonchev–Trinajstić information content (AvgIpc) is 2.84. The van der Waals surface area contributed by atoms with Gasteiger partial charge in [-0.2, -0.15) is 0 Å². The average molecular weight is 495 g/mol. The molecular weight excluding hydrogens is 436 g/mol. The Balaban J connectivity index is 3.63. The molecule has 4 nitrogen and oxygen atoms in total. The van der Waals surface area contributed by atoms with Gasteiger partial charge < -0.3 is 9.84 Å². The molecule has 0 aliphatic carbocycles. The summed E-state index contributed by atoms with van der Waals surface area (Å²) in [5.74, 6) is -1.98. The highest BCUT2D eigenvalue weighted by atomic mass is 16.5. The monoisotopic (exact) mass is 494 g/mol. The first-order chi connectivity index (χ1) is 17.1. The van der Waals surface area contributed by atoms with E-state index < -0.39 is 11.9 Å². The Morgan fingerprint density at radius 3 is 1.51 bits per heavy atom. The number of hydrogen-bond acceptors (Lipinski definition) is 3. The molecule has 0 aromatic heterocycles. The largest absolute Gasteiger partial charge is 0.481 e. The Hall–Kier alpha value is -1.32. The Bertz CT molecular complexity index is 500. The maximum atomic E-state index is 12.0. The lowest BCUT2D eigenvalue weighted by Crippen LogP contribution is -2.19. The van der Waals surface area contributed by atoms with Crippen molar-refractivity contribution in [1.29, 1.82) is 0 Å². The molecule has 0 aliphatic heterocycles. The summed E-state index contributed by atoms with van der Waals surface area (Å²) >= 11 is 0. The van der Waals surface area contributed by atoms with Crippen LogP contribution in [0.1, 0.15) is 162 Å². The molecule has 0 fully saturated rings. The van der Waals surface area contributed by atoms with Crippen LogP contribution in [-0.2, 0) is 14.3 Å². The minimum absolute atomic E-state index is 0.0328. The Labute approximate surface area is 217 Å². The highest BCUT2D eigenvalue weighted by molar-refractivity contribution is 5.78. The standard InChI is InChI=1S/C31H58O4/c1-3-5-7-9-11-12-13-14-15-16-17-18-19-20-22-24-26-29(31(33)34)28-30(32)35-27-25-23-21-10-8-6-4-2/h22,24,29H,3-21,23,25-28H2,1-2H3,(H,33,34). The van der Waals surface area contributed by atoms with E-state index in [0.717, 1.165) is 25.7 Å². The summed E-state index contributed by atoms with van der Waals surface area (Å²) in [5.41, 5.74) is 0.